The van der Waals surface area contributed by atoms with Gasteiger partial charge in [0.25, 0.3) is 0 Å². The molecule has 0 saturated carbocycles. The van der Waals surface area contributed by atoms with Crippen LogP contribution in [0, 0.1) is 0 Å². The van der Waals surface area contributed by atoms with Gasteiger partial charge < -0.3 is 9.64 Å². The van der Waals surface area contributed by atoms with Crippen molar-refractivity contribution < 1.29 is 14.3 Å². The highest BCUT2D eigenvalue weighted by Crippen LogP contribution is 2.33. The number of hydrogen-bond acceptors (Lipinski definition) is 3. The minimum atomic E-state index is -0.465. The highest BCUT2D eigenvalue weighted by atomic mass is 16.6. The maximum Gasteiger partial charge on any atom is 0.410 e. The van der Waals surface area contributed by atoms with E-state index in [0.717, 1.165) is 19.3 Å². The van der Waals surface area contributed by atoms with Crippen LogP contribution in [0.4, 0.5) is 4.79 Å². The van der Waals surface area contributed by atoms with Gasteiger partial charge in [0.05, 0.1) is 0 Å². The molecule has 0 N–H and O–H groups in total. The lowest BCUT2D eigenvalue weighted by molar-refractivity contribution is -0.126. The van der Waals surface area contributed by atoms with Crippen molar-refractivity contribution in [2.75, 3.05) is 0 Å². The van der Waals surface area contributed by atoms with E-state index in [-0.39, 0.29) is 18.2 Å². The summed E-state index contributed by atoms with van der Waals surface area (Å²) in [6.07, 6.45) is 3.75. The van der Waals surface area contributed by atoms with E-state index in [1.807, 2.05) is 25.7 Å². The monoisotopic (exact) mass is 239 g/mol. The summed E-state index contributed by atoms with van der Waals surface area (Å²) in [4.78, 5) is 25.5. The molecule has 0 radical (unpaired) electrons. The van der Waals surface area contributed by atoms with Crippen LogP contribution in [0.2, 0.25) is 0 Å². The quantitative estimate of drug-likeness (QED) is 0.652. The highest BCUT2D eigenvalue weighted by molar-refractivity contribution is 5.83. The van der Waals surface area contributed by atoms with Crippen molar-refractivity contribution in [1.82, 2.24) is 4.90 Å². The fourth-order valence-corrected chi connectivity index (χ4v) is 2.79. The van der Waals surface area contributed by atoms with E-state index in [9.17, 15) is 9.59 Å². The minimum absolute atomic E-state index is 0.0739. The Balaban J connectivity index is 2.09. The van der Waals surface area contributed by atoms with Crippen molar-refractivity contribution in [2.45, 2.75) is 70.6 Å². The van der Waals surface area contributed by atoms with Crippen molar-refractivity contribution in [3.63, 3.8) is 0 Å². The van der Waals surface area contributed by atoms with Gasteiger partial charge in [-0.2, -0.15) is 0 Å². The highest BCUT2D eigenvalue weighted by Gasteiger charge is 2.41. The average Bonchev–Trinajstić information content (AvgIpc) is 2.12. The van der Waals surface area contributed by atoms with Crippen LogP contribution >= 0.6 is 0 Å². The molecule has 1 amide bonds. The summed E-state index contributed by atoms with van der Waals surface area (Å²) in [6.45, 7) is 5.61. The van der Waals surface area contributed by atoms with Crippen molar-refractivity contribution in [3.8, 4) is 0 Å². The maximum atomic E-state index is 12.1. The fraction of sp³-hybridized carbons (Fsp3) is 0.846. The van der Waals surface area contributed by atoms with Crippen LogP contribution in [0.25, 0.3) is 0 Å². The van der Waals surface area contributed by atoms with Gasteiger partial charge in [-0.05, 0) is 40.0 Å². The number of piperidine rings is 2. The second-order valence-electron chi connectivity index (χ2n) is 6.07. The van der Waals surface area contributed by atoms with Gasteiger partial charge in [0.2, 0.25) is 0 Å². The minimum Gasteiger partial charge on any atom is -0.444 e. The number of rotatable bonds is 0. The molecule has 0 aromatic rings. The molecule has 0 aromatic heterocycles. The molecule has 96 valence electrons. The van der Waals surface area contributed by atoms with Crippen LogP contribution in [-0.4, -0.2) is 34.5 Å². The van der Waals surface area contributed by atoms with Crippen LogP contribution in [0.3, 0.4) is 0 Å². The summed E-state index contributed by atoms with van der Waals surface area (Å²) in [5.41, 5.74) is -0.465. The van der Waals surface area contributed by atoms with Gasteiger partial charge in [-0.15, -0.1) is 0 Å². The first-order chi connectivity index (χ1) is 7.87. The van der Waals surface area contributed by atoms with E-state index in [1.54, 1.807) is 0 Å². The first kappa shape index (κ1) is 12.4. The number of nitrogens with zero attached hydrogens (tertiary/aromatic N) is 1. The van der Waals surface area contributed by atoms with Crippen molar-refractivity contribution in [3.05, 3.63) is 0 Å². The zero-order chi connectivity index (χ0) is 12.6. The molecule has 2 aliphatic heterocycles. The molecule has 2 atom stereocenters. The molecular weight excluding hydrogens is 218 g/mol. The van der Waals surface area contributed by atoms with Gasteiger partial charge in [-0.3, -0.25) is 4.79 Å². The number of ketones is 1. The van der Waals surface area contributed by atoms with E-state index in [2.05, 4.69) is 0 Å². The number of carbonyl (C=O) groups is 2. The summed E-state index contributed by atoms with van der Waals surface area (Å²) in [6, 6.07) is 0.148. The van der Waals surface area contributed by atoms with Crippen LogP contribution in [0.15, 0.2) is 0 Å². The summed E-state index contributed by atoms with van der Waals surface area (Å²) in [5.74, 6) is 0.291. The molecule has 17 heavy (non-hydrogen) atoms. The number of fused-ring (bicyclic) bond motifs is 2. The molecule has 2 heterocycles. The molecular formula is C13H21NO3. The van der Waals surface area contributed by atoms with E-state index in [0.29, 0.717) is 18.6 Å². The molecule has 2 rings (SSSR count). The van der Waals surface area contributed by atoms with Gasteiger partial charge >= 0.3 is 6.09 Å². The standard InChI is InChI=1S/C13H21NO3/c1-13(2,3)17-12(16)14-9-5-4-6-10(14)8-11(15)7-9/h9-10H,4-8H2,1-3H3/t9-,10-/m1/s1. The molecule has 4 heteroatoms. The number of amides is 1. The Hall–Kier alpha value is -1.06. The Bertz CT molecular complexity index is 316. The third-order valence-electron chi connectivity index (χ3n) is 3.39. The molecule has 0 unspecified atom stereocenters. The average molecular weight is 239 g/mol. The van der Waals surface area contributed by atoms with Gasteiger partial charge in [0.15, 0.2) is 0 Å². The second-order valence-corrected chi connectivity index (χ2v) is 6.07. The van der Waals surface area contributed by atoms with E-state index in [4.69, 9.17) is 4.74 Å². The summed E-state index contributed by atoms with van der Waals surface area (Å²) in [7, 11) is 0. The predicted molar refractivity (Wildman–Crippen MR) is 63.7 cm³/mol. The molecule has 4 nitrogen and oxygen atoms in total. The summed E-state index contributed by atoms with van der Waals surface area (Å²) < 4.78 is 5.42. The number of ether oxygens (including phenoxy) is 1. The van der Waals surface area contributed by atoms with Crippen LogP contribution in [0.5, 0.6) is 0 Å². The lowest BCUT2D eigenvalue weighted by Gasteiger charge is -2.45. The van der Waals surface area contributed by atoms with Crippen LogP contribution in [-0.2, 0) is 9.53 Å². The molecule has 2 fully saturated rings. The second kappa shape index (κ2) is 4.31. The van der Waals surface area contributed by atoms with Crippen molar-refractivity contribution in [2.24, 2.45) is 0 Å². The molecule has 0 aliphatic carbocycles. The van der Waals surface area contributed by atoms with E-state index >= 15 is 0 Å². The topological polar surface area (TPSA) is 46.6 Å². The Morgan fingerprint density at radius 2 is 1.76 bits per heavy atom. The zero-order valence-electron chi connectivity index (χ0n) is 10.9. The third-order valence-corrected chi connectivity index (χ3v) is 3.39. The maximum absolute atomic E-state index is 12.1. The van der Waals surface area contributed by atoms with E-state index in [1.165, 1.54) is 0 Å². The summed E-state index contributed by atoms with van der Waals surface area (Å²) >= 11 is 0. The number of hydrogen-bond donors (Lipinski definition) is 0. The largest absolute Gasteiger partial charge is 0.444 e. The molecule has 2 aliphatic rings. The molecule has 2 bridgehead atoms. The van der Waals surface area contributed by atoms with E-state index < -0.39 is 5.60 Å². The van der Waals surface area contributed by atoms with Crippen LogP contribution in [0.1, 0.15) is 52.9 Å². The zero-order valence-corrected chi connectivity index (χ0v) is 10.9. The summed E-state index contributed by atoms with van der Waals surface area (Å²) in [5, 5.41) is 0. The Kier molecular flexibility index (Phi) is 3.15. The first-order valence-electron chi connectivity index (χ1n) is 6.40. The van der Waals surface area contributed by atoms with Crippen LogP contribution < -0.4 is 0 Å². The molecule has 0 spiro atoms. The lowest BCUT2D eigenvalue weighted by atomic mass is 9.84. The van der Waals surface area contributed by atoms with Crippen molar-refractivity contribution in [1.29, 1.82) is 0 Å². The van der Waals surface area contributed by atoms with Gasteiger partial charge in [-0.25, -0.2) is 4.79 Å². The normalized spacial score (nSPS) is 29.1. The predicted octanol–water partition coefficient (Wildman–Crippen LogP) is 2.51. The SMILES string of the molecule is CC(C)(C)OC(=O)N1[C@@H]2CCC[C@@H]1CC(=O)C2. The number of Topliss-reactive ketones (excluding diaryl/α,β-unsaturated/α-hetero) is 1. The Morgan fingerprint density at radius 3 is 2.24 bits per heavy atom. The molecule has 2 saturated heterocycles. The van der Waals surface area contributed by atoms with Gasteiger partial charge in [0, 0.05) is 24.9 Å². The number of carbonyl (C=O) groups excluding carboxylic acids is 2. The van der Waals surface area contributed by atoms with Gasteiger partial charge in [-0.1, -0.05) is 0 Å². The van der Waals surface area contributed by atoms with Gasteiger partial charge in [0.1, 0.15) is 11.4 Å². The first-order valence-corrected chi connectivity index (χ1v) is 6.40. The molecule has 0 aromatic carbocycles. The Morgan fingerprint density at radius 1 is 1.24 bits per heavy atom. The fourth-order valence-electron chi connectivity index (χ4n) is 2.79. The third kappa shape index (κ3) is 2.79. The lowest BCUT2D eigenvalue weighted by Crippen LogP contribution is -2.56. The van der Waals surface area contributed by atoms with Crippen molar-refractivity contribution >= 4 is 11.9 Å². The smallest absolute Gasteiger partial charge is 0.410 e. The Labute approximate surface area is 102 Å².